The number of nitrogens with zero attached hydrogens (tertiary/aromatic N) is 1. The monoisotopic (exact) mass is 296 g/mol. The Hall–Kier alpha value is -2.08. The minimum Gasteiger partial charge on any atom is -0.494 e. The summed E-state index contributed by atoms with van der Waals surface area (Å²) in [4.78, 5) is 3.75. The van der Waals surface area contributed by atoms with Crippen LogP contribution in [-0.2, 0) is 6.18 Å². The van der Waals surface area contributed by atoms with Crippen LogP contribution >= 0.6 is 0 Å². The third kappa shape index (κ3) is 3.52. The van der Waals surface area contributed by atoms with E-state index in [1.54, 1.807) is 24.3 Å². The Balaban J connectivity index is 2.34. The fourth-order valence-electron chi connectivity index (χ4n) is 2.03. The first-order valence-electron chi connectivity index (χ1n) is 6.43. The van der Waals surface area contributed by atoms with Gasteiger partial charge in [-0.2, -0.15) is 13.2 Å². The molecule has 0 radical (unpaired) electrons. The molecule has 0 bridgehead atoms. The molecule has 0 fully saturated rings. The number of rotatable bonds is 4. The number of benzene rings is 1. The van der Waals surface area contributed by atoms with Gasteiger partial charge in [0.25, 0.3) is 0 Å². The number of pyridine rings is 1. The van der Waals surface area contributed by atoms with Gasteiger partial charge in [0, 0.05) is 18.0 Å². The van der Waals surface area contributed by atoms with Gasteiger partial charge in [-0.25, -0.2) is 0 Å². The molecule has 0 spiro atoms. The quantitative estimate of drug-likeness (QED) is 0.938. The van der Waals surface area contributed by atoms with Crippen molar-refractivity contribution in [2.24, 2.45) is 5.73 Å². The van der Waals surface area contributed by atoms with Crippen LogP contribution in [0.3, 0.4) is 0 Å². The van der Waals surface area contributed by atoms with E-state index in [1.807, 2.05) is 6.92 Å². The van der Waals surface area contributed by atoms with E-state index in [0.717, 1.165) is 18.5 Å². The SMILES string of the molecule is CCOc1ccc(C(N)c2cnccc2C(F)(F)F)cc1. The van der Waals surface area contributed by atoms with Crippen molar-refractivity contribution in [3.05, 3.63) is 59.4 Å². The Kier molecular flexibility index (Phi) is 4.47. The van der Waals surface area contributed by atoms with Crippen molar-refractivity contribution in [2.75, 3.05) is 6.61 Å². The van der Waals surface area contributed by atoms with Gasteiger partial charge < -0.3 is 10.5 Å². The van der Waals surface area contributed by atoms with Crippen molar-refractivity contribution in [1.82, 2.24) is 4.98 Å². The van der Waals surface area contributed by atoms with Gasteiger partial charge >= 0.3 is 6.18 Å². The summed E-state index contributed by atoms with van der Waals surface area (Å²) in [5.41, 5.74) is 5.71. The Morgan fingerprint density at radius 1 is 1.19 bits per heavy atom. The lowest BCUT2D eigenvalue weighted by atomic mass is 9.96. The molecule has 6 heteroatoms. The zero-order chi connectivity index (χ0) is 15.5. The van der Waals surface area contributed by atoms with Crippen LogP contribution in [0.4, 0.5) is 13.2 Å². The molecule has 1 unspecified atom stereocenters. The third-order valence-corrected chi connectivity index (χ3v) is 3.04. The third-order valence-electron chi connectivity index (χ3n) is 3.04. The van der Waals surface area contributed by atoms with Gasteiger partial charge in [0.05, 0.1) is 18.2 Å². The van der Waals surface area contributed by atoms with Crippen LogP contribution in [0, 0.1) is 0 Å². The Morgan fingerprint density at radius 3 is 2.43 bits per heavy atom. The van der Waals surface area contributed by atoms with Gasteiger partial charge in [-0.15, -0.1) is 0 Å². The first-order chi connectivity index (χ1) is 9.93. The molecular formula is C15H15F3N2O. The van der Waals surface area contributed by atoms with E-state index < -0.39 is 17.8 Å². The number of alkyl halides is 3. The standard InChI is InChI=1S/C15H15F3N2O/c1-2-21-11-5-3-10(4-6-11)14(19)12-9-20-8-7-13(12)15(16,17)18/h3-9,14H,2,19H2,1H3. The minimum absolute atomic E-state index is 0.0471. The van der Waals surface area contributed by atoms with Gasteiger partial charge in [-0.05, 0) is 30.7 Å². The fraction of sp³-hybridized carbons (Fsp3) is 0.267. The Labute approximate surface area is 120 Å². The summed E-state index contributed by atoms with van der Waals surface area (Å²) in [5, 5.41) is 0. The van der Waals surface area contributed by atoms with Gasteiger partial charge in [-0.1, -0.05) is 12.1 Å². The summed E-state index contributed by atoms with van der Waals surface area (Å²) in [6, 6.07) is 6.71. The molecule has 2 rings (SSSR count). The maximum atomic E-state index is 13.0. The van der Waals surface area contributed by atoms with E-state index >= 15 is 0 Å². The van der Waals surface area contributed by atoms with Crippen LogP contribution in [0.1, 0.15) is 29.7 Å². The molecule has 112 valence electrons. The summed E-state index contributed by atoms with van der Waals surface area (Å²) in [6.45, 7) is 2.37. The van der Waals surface area contributed by atoms with Crippen molar-refractivity contribution in [2.45, 2.75) is 19.1 Å². The van der Waals surface area contributed by atoms with Crippen molar-refractivity contribution in [1.29, 1.82) is 0 Å². The molecule has 0 saturated heterocycles. The van der Waals surface area contributed by atoms with Gasteiger partial charge in [0.1, 0.15) is 5.75 Å². The smallest absolute Gasteiger partial charge is 0.416 e. The van der Waals surface area contributed by atoms with E-state index in [2.05, 4.69) is 4.98 Å². The van der Waals surface area contributed by atoms with Gasteiger partial charge in [0.2, 0.25) is 0 Å². The zero-order valence-electron chi connectivity index (χ0n) is 11.4. The highest BCUT2D eigenvalue weighted by atomic mass is 19.4. The van der Waals surface area contributed by atoms with Crippen LogP contribution in [0.2, 0.25) is 0 Å². The molecule has 3 nitrogen and oxygen atoms in total. The number of hydrogen-bond donors (Lipinski definition) is 1. The molecule has 1 atom stereocenters. The first kappa shape index (κ1) is 15.3. The second-order valence-electron chi connectivity index (χ2n) is 4.44. The summed E-state index contributed by atoms with van der Waals surface area (Å²) < 4.78 is 44.2. The lowest BCUT2D eigenvalue weighted by Crippen LogP contribution is -2.18. The largest absolute Gasteiger partial charge is 0.494 e. The normalized spacial score (nSPS) is 13.0. The van der Waals surface area contributed by atoms with Crippen LogP contribution in [0.5, 0.6) is 5.75 Å². The number of halogens is 3. The van der Waals surface area contributed by atoms with Crippen LogP contribution in [0.15, 0.2) is 42.7 Å². The molecule has 0 aliphatic heterocycles. The molecule has 1 aromatic carbocycles. The highest BCUT2D eigenvalue weighted by Gasteiger charge is 2.34. The highest BCUT2D eigenvalue weighted by Crippen LogP contribution is 2.35. The molecule has 0 saturated carbocycles. The average Bonchev–Trinajstić information content (AvgIpc) is 2.47. The summed E-state index contributed by atoms with van der Waals surface area (Å²) in [7, 11) is 0. The Bertz CT molecular complexity index is 597. The van der Waals surface area contributed by atoms with E-state index in [0.29, 0.717) is 17.9 Å². The molecule has 0 aliphatic rings. The molecule has 2 N–H and O–H groups in total. The lowest BCUT2D eigenvalue weighted by molar-refractivity contribution is -0.138. The van der Waals surface area contributed by atoms with E-state index in [-0.39, 0.29) is 5.56 Å². The van der Waals surface area contributed by atoms with E-state index in [9.17, 15) is 13.2 Å². The predicted octanol–water partition coefficient (Wildman–Crippen LogP) is 3.55. The molecule has 1 heterocycles. The summed E-state index contributed by atoms with van der Waals surface area (Å²) in [6.07, 6.45) is -2.19. The number of nitrogens with two attached hydrogens (primary N) is 1. The summed E-state index contributed by atoms with van der Waals surface area (Å²) in [5.74, 6) is 0.649. The van der Waals surface area contributed by atoms with Crippen molar-refractivity contribution < 1.29 is 17.9 Å². The fourth-order valence-corrected chi connectivity index (χ4v) is 2.03. The molecule has 0 aliphatic carbocycles. The van der Waals surface area contributed by atoms with Crippen molar-refractivity contribution >= 4 is 0 Å². The van der Waals surface area contributed by atoms with E-state index in [4.69, 9.17) is 10.5 Å². The van der Waals surface area contributed by atoms with Crippen LogP contribution in [0.25, 0.3) is 0 Å². The first-order valence-corrected chi connectivity index (χ1v) is 6.43. The molecular weight excluding hydrogens is 281 g/mol. The van der Waals surface area contributed by atoms with Gasteiger partial charge in [-0.3, -0.25) is 4.98 Å². The molecule has 21 heavy (non-hydrogen) atoms. The van der Waals surface area contributed by atoms with Crippen molar-refractivity contribution in [3.63, 3.8) is 0 Å². The second kappa shape index (κ2) is 6.13. The second-order valence-corrected chi connectivity index (χ2v) is 4.44. The zero-order valence-corrected chi connectivity index (χ0v) is 11.4. The number of ether oxygens (including phenoxy) is 1. The predicted molar refractivity (Wildman–Crippen MR) is 72.9 cm³/mol. The Morgan fingerprint density at radius 2 is 1.86 bits per heavy atom. The number of aromatic nitrogens is 1. The van der Waals surface area contributed by atoms with Crippen molar-refractivity contribution in [3.8, 4) is 5.75 Å². The maximum Gasteiger partial charge on any atom is 0.416 e. The molecule has 1 aromatic heterocycles. The maximum absolute atomic E-state index is 13.0. The molecule has 2 aromatic rings. The van der Waals surface area contributed by atoms with Crippen LogP contribution < -0.4 is 10.5 Å². The highest BCUT2D eigenvalue weighted by molar-refractivity contribution is 5.38. The molecule has 0 amide bonds. The number of hydrogen-bond acceptors (Lipinski definition) is 3. The topological polar surface area (TPSA) is 48.1 Å². The lowest BCUT2D eigenvalue weighted by Gasteiger charge is -2.18. The average molecular weight is 296 g/mol. The van der Waals surface area contributed by atoms with E-state index in [1.165, 1.54) is 0 Å². The van der Waals surface area contributed by atoms with Crippen LogP contribution in [-0.4, -0.2) is 11.6 Å². The summed E-state index contributed by atoms with van der Waals surface area (Å²) >= 11 is 0. The van der Waals surface area contributed by atoms with Gasteiger partial charge in [0.15, 0.2) is 0 Å². The minimum atomic E-state index is -4.46.